The molecule has 0 atom stereocenters. The van der Waals surface area contributed by atoms with Crippen LogP contribution in [-0.4, -0.2) is 16.4 Å². The molecule has 8 heteroatoms. The summed E-state index contributed by atoms with van der Waals surface area (Å²) in [5, 5.41) is 20.7. The molecule has 86 valence electrons. The lowest BCUT2D eigenvalue weighted by molar-refractivity contribution is -0.479. The molecule has 0 heterocycles. The Hall–Kier alpha value is -1.40. The van der Waals surface area contributed by atoms with Gasteiger partial charge in [-0.15, -0.1) is 0 Å². The van der Waals surface area contributed by atoms with Gasteiger partial charge in [-0.3, -0.25) is 20.2 Å². The summed E-state index contributed by atoms with van der Waals surface area (Å²) in [6, 6.07) is 2.38. The van der Waals surface area contributed by atoms with Crippen LogP contribution in [0.4, 0.5) is 5.69 Å². The van der Waals surface area contributed by atoms with Crippen molar-refractivity contribution in [3.8, 4) is 0 Å². The van der Waals surface area contributed by atoms with Gasteiger partial charge in [0, 0.05) is 17.4 Å². The summed E-state index contributed by atoms with van der Waals surface area (Å²) in [6.45, 7) is -0.298. The van der Waals surface area contributed by atoms with Crippen molar-refractivity contribution in [2.45, 2.75) is 6.42 Å². The smallest absolute Gasteiger partial charge is 0.265 e. The number of hydrogen-bond donors (Lipinski definition) is 0. The molecule has 0 aliphatic carbocycles. The maximum absolute atomic E-state index is 10.5. The van der Waals surface area contributed by atoms with Crippen LogP contribution in [0.25, 0.3) is 0 Å². The second kappa shape index (κ2) is 5.09. The van der Waals surface area contributed by atoms with Crippen molar-refractivity contribution in [2.75, 3.05) is 6.54 Å². The predicted molar refractivity (Wildman–Crippen MR) is 58.7 cm³/mol. The van der Waals surface area contributed by atoms with Gasteiger partial charge in [-0.05, 0) is 11.6 Å². The topological polar surface area (TPSA) is 86.3 Å². The minimum atomic E-state index is -0.661. The molecule has 0 radical (unpaired) electrons. The van der Waals surface area contributed by atoms with Gasteiger partial charge in [0.2, 0.25) is 6.54 Å². The van der Waals surface area contributed by atoms with Crippen molar-refractivity contribution >= 4 is 28.9 Å². The number of hydrogen-bond acceptors (Lipinski definition) is 4. The van der Waals surface area contributed by atoms with Crippen molar-refractivity contribution in [1.29, 1.82) is 0 Å². The largest absolute Gasteiger partial charge is 0.289 e. The first-order chi connectivity index (χ1) is 7.41. The van der Waals surface area contributed by atoms with Crippen LogP contribution in [0.2, 0.25) is 10.0 Å². The Morgan fingerprint density at radius 3 is 2.25 bits per heavy atom. The SMILES string of the molecule is O=[N+]([O-])CCc1cc(Cl)c([N+](=O)[O-])cc1Cl. The van der Waals surface area contributed by atoms with Gasteiger partial charge >= 0.3 is 0 Å². The van der Waals surface area contributed by atoms with E-state index in [9.17, 15) is 20.2 Å². The summed E-state index contributed by atoms with van der Waals surface area (Å²) in [5.41, 5.74) is 0.116. The van der Waals surface area contributed by atoms with E-state index in [1.807, 2.05) is 0 Å². The van der Waals surface area contributed by atoms with Gasteiger partial charge in [-0.25, -0.2) is 0 Å². The third-order valence-electron chi connectivity index (χ3n) is 1.88. The van der Waals surface area contributed by atoms with E-state index in [4.69, 9.17) is 23.2 Å². The fraction of sp³-hybridized carbons (Fsp3) is 0.250. The number of nitro benzene ring substituents is 1. The maximum atomic E-state index is 10.5. The van der Waals surface area contributed by atoms with Crippen molar-refractivity contribution < 1.29 is 9.85 Å². The molecule has 1 aromatic carbocycles. The molecule has 0 saturated carbocycles. The number of nitro groups is 2. The lowest BCUT2D eigenvalue weighted by Crippen LogP contribution is -2.04. The molecule has 0 saturated heterocycles. The van der Waals surface area contributed by atoms with E-state index in [0.29, 0.717) is 5.56 Å². The number of halogens is 2. The average molecular weight is 265 g/mol. The van der Waals surface area contributed by atoms with Gasteiger partial charge in [-0.1, -0.05) is 23.2 Å². The summed E-state index contributed by atoms with van der Waals surface area (Å²) < 4.78 is 0. The van der Waals surface area contributed by atoms with Gasteiger partial charge < -0.3 is 0 Å². The Morgan fingerprint density at radius 2 is 1.75 bits per heavy atom. The first kappa shape index (κ1) is 12.7. The molecule has 0 unspecified atom stereocenters. The first-order valence-corrected chi connectivity index (χ1v) is 4.91. The van der Waals surface area contributed by atoms with Gasteiger partial charge in [0.25, 0.3) is 5.69 Å². The third kappa shape index (κ3) is 3.04. The summed E-state index contributed by atoms with van der Waals surface area (Å²) in [7, 11) is 0. The van der Waals surface area contributed by atoms with Crippen LogP contribution in [-0.2, 0) is 6.42 Å². The molecule has 0 aliphatic rings. The molecule has 16 heavy (non-hydrogen) atoms. The van der Waals surface area contributed by atoms with Gasteiger partial charge in [0.05, 0.1) is 9.95 Å². The Labute approximate surface area is 100 Å². The zero-order valence-corrected chi connectivity index (χ0v) is 9.36. The van der Waals surface area contributed by atoms with Crippen molar-refractivity contribution in [2.24, 2.45) is 0 Å². The van der Waals surface area contributed by atoms with Gasteiger partial charge in [0.1, 0.15) is 5.02 Å². The van der Waals surface area contributed by atoms with E-state index in [1.54, 1.807) is 0 Å². The highest BCUT2D eigenvalue weighted by atomic mass is 35.5. The van der Waals surface area contributed by atoms with Crippen LogP contribution in [0.5, 0.6) is 0 Å². The zero-order valence-electron chi connectivity index (χ0n) is 7.85. The number of rotatable bonds is 4. The van der Waals surface area contributed by atoms with Crippen molar-refractivity contribution in [1.82, 2.24) is 0 Å². The Morgan fingerprint density at radius 1 is 1.12 bits per heavy atom. The Kier molecular flexibility index (Phi) is 4.03. The minimum absolute atomic E-state index is 0.0762. The Bertz CT molecular complexity index is 450. The molecule has 0 fully saturated rings. The highest BCUT2D eigenvalue weighted by Gasteiger charge is 2.16. The van der Waals surface area contributed by atoms with E-state index < -0.39 is 9.85 Å². The Balaban J connectivity index is 3.01. The second-order valence-corrected chi connectivity index (χ2v) is 3.77. The molecule has 6 nitrogen and oxygen atoms in total. The van der Waals surface area contributed by atoms with Crippen LogP contribution in [0.15, 0.2) is 12.1 Å². The number of nitrogens with zero attached hydrogens (tertiary/aromatic N) is 2. The zero-order chi connectivity index (χ0) is 12.3. The standard InChI is InChI=1S/C8H6Cl2N2O4/c9-6-4-8(12(15)16)7(10)3-5(6)1-2-11(13)14/h3-4H,1-2H2. The second-order valence-electron chi connectivity index (χ2n) is 2.96. The van der Waals surface area contributed by atoms with E-state index in [1.165, 1.54) is 6.07 Å². The molecular formula is C8H6Cl2N2O4. The fourth-order valence-electron chi connectivity index (χ4n) is 1.12. The van der Waals surface area contributed by atoms with E-state index >= 15 is 0 Å². The molecule has 0 aliphatic heterocycles. The van der Waals surface area contributed by atoms with E-state index in [0.717, 1.165) is 6.07 Å². The molecule has 1 aromatic rings. The molecule has 0 amide bonds. The molecule has 0 aromatic heterocycles. The quantitative estimate of drug-likeness (QED) is 0.618. The molecule has 1 rings (SSSR count). The summed E-state index contributed by atoms with van der Waals surface area (Å²) in [5.74, 6) is 0. The van der Waals surface area contributed by atoms with Crippen LogP contribution >= 0.6 is 23.2 Å². The van der Waals surface area contributed by atoms with Gasteiger partial charge in [0.15, 0.2) is 0 Å². The summed E-state index contributed by atoms with van der Waals surface area (Å²) in [4.78, 5) is 19.5. The highest BCUT2D eigenvalue weighted by Crippen LogP contribution is 2.30. The molecule has 0 bridgehead atoms. The molecular weight excluding hydrogens is 259 g/mol. The monoisotopic (exact) mass is 264 g/mol. The molecule has 0 N–H and O–H groups in total. The summed E-state index contributed by atoms with van der Waals surface area (Å²) in [6.07, 6.45) is 0.0869. The normalized spacial score (nSPS) is 10.1. The lowest BCUT2D eigenvalue weighted by Gasteiger charge is -2.02. The van der Waals surface area contributed by atoms with Crippen LogP contribution < -0.4 is 0 Å². The van der Waals surface area contributed by atoms with E-state index in [-0.39, 0.29) is 28.7 Å². The van der Waals surface area contributed by atoms with Crippen LogP contribution in [0.1, 0.15) is 5.56 Å². The first-order valence-electron chi connectivity index (χ1n) is 4.16. The number of benzene rings is 1. The van der Waals surface area contributed by atoms with Crippen LogP contribution in [0.3, 0.4) is 0 Å². The average Bonchev–Trinajstić information content (AvgIpc) is 2.18. The minimum Gasteiger partial charge on any atom is -0.265 e. The highest BCUT2D eigenvalue weighted by molar-refractivity contribution is 6.35. The predicted octanol–water partition coefficient (Wildman–Crippen LogP) is 2.72. The van der Waals surface area contributed by atoms with Crippen LogP contribution in [0, 0.1) is 20.2 Å². The lowest BCUT2D eigenvalue weighted by atomic mass is 10.1. The van der Waals surface area contributed by atoms with E-state index in [2.05, 4.69) is 0 Å². The molecule has 0 spiro atoms. The van der Waals surface area contributed by atoms with Crippen molar-refractivity contribution in [3.05, 3.63) is 48.0 Å². The third-order valence-corrected chi connectivity index (χ3v) is 2.53. The summed E-state index contributed by atoms with van der Waals surface area (Å²) >= 11 is 11.4. The maximum Gasteiger partial charge on any atom is 0.289 e. The van der Waals surface area contributed by atoms with Gasteiger partial charge in [-0.2, -0.15) is 0 Å². The fourth-order valence-corrected chi connectivity index (χ4v) is 1.63. The van der Waals surface area contributed by atoms with Crippen molar-refractivity contribution in [3.63, 3.8) is 0 Å².